The van der Waals surface area contributed by atoms with Crippen LogP contribution in [0.25, 0.3) is 33.7 Å². The van der Waals surface area contributed by atoms with Gasteiger partial charge in [-0.3, -0.25) is 4.79 Å². The summed E-state index contributed by atoms with van der Waals surface area (Å²) in [6, 6.07) is 13.1. The number of aromatic amines is 1. The molecule has 0 aliphatic heterocycles. The van der Waals surface area contributed by atoms with Crippen molar-refractivity contribution >= 4 is 44.5 Å². The molecular formula is C24H18BrClN6O4. The predicted molar refractivity (Wildman–Crippen MR) is 136 cm³/mol. The minimum atomic E-state index is -1.29. The average molecular weight is 570 g/mol. The van der Waals surface area contributed by atoms with Crippen LogP contribution in [0.4, 0.5) is 0 Å². The van der Waals surface area contributed by atoms with Crippen LogP contribution in [0.3, 0.4) is 0 Å². The standard InChI is InChI=1S/C24H18BrClN6O4/c1-2-5-17-27-23(33)19(26)20(24(34)35)32(17)11-12-8-9-16-15(10-12)18(25)21(36-16)13-6-3-4-7-14(13)22-28-30-31-29-22/h3-4,6-10H,2,5,11H2,1H3,(H,34,35)(H,28,29,30,31). The number of aromatic nitrogens is 6. The molecule has 2 aromatic carbocycles. The van der Waals surface area contributed by atoms with Crippen LogP contribution in [0.15, 0.2) is 56.1 Å². The number of rotatable bonds is 7. The van der Waals surface area contributed by atoms with Gasteiger partial charge in [-0.15, -0.1) is 5.10 Å². The first kappa shape index (κ1) is 23.9. The number of furan rings is 1. The van der Waals surface area contributed by atoms with Gasteiger partial charge in [-0.2, -0.15) is 4.98 Å². The highest BCUT2D eigenvalue weighted by Crippen LogP contribution is 2.41. The molecule has 0 spiro atoms. The van der Waals surface area contributed by atoms with Crippen LogP contribution in [0, 0.1) is 0 Å². The summed E-state index contributed by atoms with van der Waals surface area (Å²) in [5.41, 5.74) is 1.95. The van der Waals surface area contributed by atoms with E-state index in [4.69, 9.17) is 16.0 Å². The van der Waals surface area contributed by atoms with Gasteiger partial charge in [0.1, 0.15) is 22.2 Å². The lowest BCUT2D eigenvalue weighted by atomic mass is 10.0. The normalized spacial score (nSPS) is 11.3. The molecule has 0 amide bonds. The van der Waals surface area contributed by atoms with Crippen LogP contribution < -0.4 is 5.56 Å². The Hall–Kier alpha value is -3.83. The second-order valence-electron chi connectivity index (χ2n) is 8.01. The molecule has 5 rings (SSSR count). The number of hydrogen-bond donors (Lipinski definition) is 2. The minimum Gasteiger partial charge on any atom is -0.477 e. The number of aromatic carboxylic acids is 1. The highest BCUT2D eigenvalue weighted by Gasteiger charge is 2.23. The molecule has 0 atom stereocenters. The van der Waals surface area contributed by atoms with E-state index >= 15 is 0 Å². The Morgan fingerprint density at radius 3 is 2.69 bits per heavy atom. The zero-order valence-electron chi connectivity index (χ0n) is 18.8. The molecule has 2 N–H and O–H groups in total. The Bertz CT molecular complexity index is 1660. The summed E-state index contributed by atoms with van der Waals surface area (Å²) in [6.07, 6.45) is 1.12. The lowest BCUT2D eigenvalue weighted by Gasteiger charge is -2.16. The molecular weight excluding hydrogens is 552 g/mol. The van der Waals surface area contributed by atoms with Crippen molar-refractivity contribution in [2.24, 2.45) is 0 Å². The summed E-state index contributed by atoms with van der Waals surface area (Å²) in [7, 11) is 0. The first-order valence-corrected chi connectivity index (χ1v) is 12.1. The number of fused-ring (bicyclic) bond motifs is 1. The Labute approximate surface area is 217 Å². The lowest BCUT2D eigenvalue weighted by molar-refractivity contribution is 0.0683. The summed E-state index contributed by atoms with van der Waals surface area (Å²) >= 11 is 9.74. The predicted octanol–water partition coefficient (Wildman–Crippen LogP) is 4.95. The van der Waals surface area contributed by atoms with E-state index < -0.39 is 16.6 Å². The molecule has 36 heavy (non-hydrogen) atoms. The van der Waals surface area contributed by atoms with Crippen LogP contribution in [0.2, 0.25) is 5.02 Å². The van der Waals surface area contributed by atoms with Gasteiger partial charge < -0.3 is 14.1 Å². The summed E-state index contributed by atoms with van der Waals surface area (Å²) in [6.45, 7) is 2.08. The van der Waals surface area contributed by atoms with Gasteiger partial charge in [0.05, 0.1) is 4.47 Å². The van der Waals surface area contributed by atoms with Crippen LogP contribution in [-0.2, 0) is 13.0 Å². The minimum absolute atomic E-state index is 0.160. The zero-order chi connectivity index (χ0) is 25.4. The van der Waals surface area contributed by atoms with Crippen LogP contribution >= 0.6 is 27.5 Å². The number of tetrazole rings is 1. The smallest absolute Gasteiger partial charge is 0.354 e. The Morgan fingerprint density at radius 1 is 1.22 bits per heavy atom. The molecule has 3 aromatic heterocycles. The second-order valence-corrected chi connectivity index (χ2v) is 9.18. The van der Waals surface area contributed by atoms with Crippen molar-refractivity contribution in [3.8, 4) is 22.7 Å². The van der Waals surface area contributed by atoms with Gasteiger partial charge in [-0.25, -0.2) is 9.89 Å². The molecule has 182 valence electrons. The van der Waals surface area contributed by atoms with Crippen molar-refractivity contribution in [2.75, 3.05) is 0 Å². The van der Waals surface area contributed by atoms with Gasteiger partial charge in [0.25, 0.3) is 5.56 Å². The molecule has 10 nitrogen and oxygen atoms in total. The maximum atomic E-state index is 12.2. The molecule has 0 aliphatic carbocycles. The van der Waals surface area contributed by atoms with Crippen molar-refractivity contribution in [1.29, 1.82) is 0 Å². The van der Waals surface area contributed by atoms with E-state index in [0.29, 0.717) is 35.8 Å². The van der Waals surface area contributed by atoms with E-state index in [2.05, 4.69) is 41.5 Å². The number of benzene rings is 2. The van der Waals surface area contributed by atoms with E-state index in [1.165, 1.54) is 4.57 Å². The fourth-order valence-electron chi connectivity index (χ4n) is 4.10. The van der Waals surface area contributed by atoms with Gasteiger partial charge in [0.2, 0.25) is 0 Å². The van der Waals surface area contributed by atoms with E-state index in [9.17, 15) is 14.7 Å². The van der Waals surface area contributed by atoms with Gasteiger partial charge in [0, 0.05) is 29.5 Å². The maximum Gasteiger partial charge on any atom is 0.354 e. The molecule has 0 unspecified atom stereocenters. The SMILES string of the molecule is CCCc1nc(=O)c(Cl)c(C(=O)O)n1Cc1ccc2oc(-c3ccccc3-c3nnn[nH]3)c(Br)c2c1. The Morgan fingerprint density at radius 2 is 2.00 bits per heavy atom. The number of H-pyrrole nitrogens is 1. The third-order valence-electron chi connectivity index (χ3n) is 5.69. The number of carbonyl (C=O) groups is 1. The molecule has 12 heteroatoms. The lowest BCUT2D eigenvalue weighted by Crippen LogP contribution is -2.26. The quantitative estimate of drug-likeness (QED) is 0.281. The molecule has 3 heterocycles. The van der Waals surface area contributed by atoms with Gasteiger partial charge in [-0.1, -0.05) is 48.9 Å². The van der Waals surface area contributed by atoms with Crippen molar-refractivity contribution < 1.29 is 14.3 Å². The Balaban J connectivity index is 1.61. The van der Waals surface area contributed by atoms with E-state index in [1.807, 2.05) is 49.4 Å². The van der Waals surface area contributed by atoms with Crippen LogP contribution in [-0.4, -0.2) is 41.3 Å². The van der Waals surface area contributed by atoms with Gasteiger partial charge in [0.15, 0.2) is 11.5 Å². The molecule has 0 radical (unpaired) electrons. The fourth-order valence-corrected chi connectivity index (χ4v) is 4.93. The maximum absolute atomic E-state index is 12.2. The number of aryl methyl sites for hydroxylation is 1. The first-order valence-electron chi connectivity index (χ1n) is 11.0. The number of carboxylic acids is 1. The number of nitrogens with one attached hydrogen (secondary N) is 1. The number of hydrogen-bond acceptors (Lipinski definition) is 7. The largest absolute Gasteiger partial charge is 0.477 e. The number of nitrogens with zero attached hydrogens (tertiary/aromatic N) is 5. The number of halogens is 2. The van der Waals surface area contributed by atoms with E-state index in [0.717, 1.165) is 26.5 Å². The van der Waals surface area contributed by atoms with Crippen LogP contribution in [0.5, 0.6) is 0 Å². The topological polar surface area (TPSA) is 140 Å². The fraction of sp³-hybridized carbons (Fsp3) is 0.167. The van der Waals surface area contributed by atoms with Crippen molar-refractivity contribution in [3.05, 3.63) is 79.4 Å². The summed E-state index contributed by atoms with van der Waals surface area (Å²) in [4.78, 5) is 28.2. The van der Waals surface area contributed by atoms with Crippen molar-refractivity contribution in [1.82, 2.24) is 30.2 Å². The van der Waals surface area contributed by atoms with Crippen LogP contribution in [0.1, 0.15) is 35.2 Å². The third-order valence-corrected chi connectivity index (χ3v) is 6.82. The Kier molecular flexibility index (Phi) is 6.42. The molecule has 5 aromatic rings. The summed E-state index contributed by atoms with van der Waals surface area (Å²) in [5, 5.41) is 24.3. The summed E-state index contributed by atoms with van der Waals surface area (Å²) < 4.78 is 8.39. The molecule has 0 saturated carbocycles. The molecule has 0 fully saturated rings. The monoisotopic (exact) mass is 568 g/mol. The average Bonchev–Trinajstić information content (AvgIpc) is 3.51. The molecule has 0 aliphatic rings. The second kappa shape index (κ2) is 9.67. The summed E-state index contributed by atoms with van der Waals surface area (Å²) in [5.74, 6) is 0.181. The van der Waals surface area contributed by atoms with Gasteiger partial charge >= 0.3 is 5.97 Å². The number of carboxylic acid groups (broad SMARTS) is 1. The van der Waals surface area contributed by atoms with Gasteiger partial charge in [-0.05, 0) is 50.5 Å². The van der Waals surface area contributed by atoms with E-state index in [-0.39, 0.29) is 12.2 Å². The zero-order valence-corrected chi connectivity index (χ0v) is 21.2. The highest BCUT2D eigenvalue weighted by molar-refractivity contribution is 9.10. The highest BCUT2D eigenvalue weighted by atomic mass is 79.9. The van der Waals surface area contributed by atoms with E-state index in [1.54, 1.807) is 0 Å². The van der Waals surface area contributed by atoms with Crippen molar-refractivity contribution in [2.45, 2.75) is 26.3 Å². The van der Waals surface area contributed by atoms with Crippen molar-refractivity contribution in [3.63, 3.8) is 0 Å². The first-order chi connectivity index (χ1) is 17.4. The molecule has 0 saturated heterocycles. The molecule has 0 bridgehead atoms. The third kappa shape index (κ3) is 4.20.